The fourth-order valence-corrected chi connectivity index (χ4v) is 1.69. The quantitative estimate of drug-likeness (QED) is 0.127. The van der Waals surface area contributed by atoms with Crippen molar-refractivity contribution in [3.05, 3.63) is 24.3 Å². The lowest BCUT2D eigenvalue weighted by Gasteiger charge is -2.16. The van der Waals surface area contributed by atoms with Gasteiger partial charge in [-0.3, -0.25) is 15.0 Å². The summed E-state index contributed by atoms with van der Waals surface area (Å²) in [7, 11) is 0. The van der Waals surface area contributed by atoms with Crippen LogP contribution in [0.1, 0.15) is 26.2 Å². The van der Waals surface area contributed by atoms with Gasteiger partial charge in [-0.05, 0) is 13.3 Å². The van der Waals surface area contributed by atoms with Crippen molar-refractivity contribution in [3.8, 4) is 0 Å². The van der Waals surface area contributed by atoms with E-state index >= 15 is 0 Å². The lowest BCUT2D eigenvalue weighted by atomic mass is 10.1. The van der Waals surface area contributed by atoms with Crippen LogP contribution in [0.4, 0.5) is 0 Å². The van der Waals surface area contributed by atoms with Gasteiger partial charge in [0.2, 0.25) is 11.8 Å². The molecule has 138 valence electrons. The summed E-state index contributed by atoms with van der Waals surface area (Å²) in [5, 5.41) is 22.0. The molecule has 0 heterocycles. The van der Waals surface area contributed by atoms with Gasteiger partial charge in [0.1, 0.15) is 0 Å². The fourth-order valence-electron chi connectivity index (χ4n) is 1.69. The van der Waals surface area contributed by atoms with E-state index in [1.165, 1.54) is 6.08 Å². The first-order valence-corrected chi connectivity index (χ1v) is 7.45. The van der Waals surface area contributed by atoms with Crippen molar-refractivity contribution in [2.75, 3.05) is 13.1 Å². The van der Waals surface area contributed by atoms with Crippen LogP contribution in [-0.2, 0) is 9.59 Å². The Morgan fingerprint density at radius 3 is 2.54 bits per heavy atom. The minimum Gasteiger partial charge on any atom is -0.391 e. The average Bonchev–Trinajstić information content (AvgIpc) is 2.44. The number of nitrogens with one attached hydrogen (secondary N) is 3. The second-order valence-corrected chi connectivity index (χ2v) is 5.11. The number of hydrogen-bond acceptors (Lipinski definition) is 5. The Morgan fingerprint density at radius 2 is 1.96 bits per heavy atom. The number of nitrogens with two attached hydrogens (primary N) is 2. The van der Waals surface area contributed by atoms with E-state index in [0.717, 1.165) is 0 Å². The third kappa shape index (κ3) is 15.0. The van der Waals surface area contributed by atoms with Crippen LogP contribution in [0.5, 0.6) is 0 Å². The number of halogens is 1. The zero-order chi connectivity index (χ0) is 17.7. The number of aliphatic hydroxyl groups is 1. The van der Waals surface area contributed by atoms with Gasteiger partial charge in [0.05, 0.1) is 11.9 Å². The summed E-state index contributed by atoms with van der Waals surface area (Å²) < 4.78 is 0. The SMILES string of the molecule is C/C=C\C=C\C(=O)NC[C@H](O)C[C@@H](N)CC(=O)NCCC(=N)N.Cl. The molecule has 0 aromatic rings. The predicted molar refractivity (Wildman–Crippen MR) is 97.0 cm³/mol. The molecule has 0 aromatic carbocycles. The monoisotopic (exact) mass is 361 g/mol. The molecule has 0 aliphatic carbocycles. The van der Waals surface area contributed by atoms with E-state index in [4.69, 9.17) is 16.9 Å². The van der Waals surface area contributed by atoms with Crippen molar-refractivity contribution in [1.29, 1.82) is 5.41 Å². The molecule has 2 atom stereocenters. The van der Waals surface area contributed by atoms with Gasteiger partial charge in [-0.2, -0.15) is 0 Å². The average molecular weight is 362 g/mol. The van der Waals surface area contributed by atoms with E-state index in [0.29, 0.717) is 0 Å². The fraction of sp³-hybridized carbons (Fsp3) is 0.533. The van der Waals surface area contributed by atoms with Gasteiger partial charge in [0.15, 0.2) is 0 Å². The van der Waals surface area contributed by atoms with Gasteiger partial charge in [-0.15, -0.1) is 12.4 Å². The van der Waals surface area contributed by atoms with Crippen molar-refractivity contribution in [1.82, 2.24) is 10.6 Å². The summed E-state index contributed by atoms with van der Waals surface area (Å²) in [4.78, 5) is 23.0. The summed E-state index contributed by atoms with van der Waals surface area (Å²) >= 11 is 0. The first-order chi connectivity index (χ1) is 10.8. The van der Waals surface area contributed by atoms with Crippen LogP contribution >= 0.6 is 12.4 Å². The predicted octanol–water partition coefficient (Wildman–Crippen LogP) is -0.433. The Hall–Kier alpha value is -1.90. The van der Waals surface area contributed by atoms with Crippen LogP contribution in [0, 0.1) is 5.41 Å². The largest absolute Gasteiger partial charge is 0.391 e. The van der Waals surface area contributed by atoms with E-state index in [1.54, 1.807) is 18.2 Å². The first-order valence-electron chi connectivity index (χ1n) is 7.45. The Balaban J connectivity index is 0. The molecule has 0 aromatic heterocycles. The maximum atomic E-state index is 11.6. The lowest BCUT2D eigenvalue weighted by molar-refractivity contribution is -0.121. The molecule has 0 fully saturated rings. The minimum absolute atomic E-state index is 0. The second kappa shape index (κ2) is 14.7. The second-order valence-electron chi connectivity index (χ2n) is 5.11. The minimum atomic E-state index is -0.825. The van der Waals surface area contributed by atoms with Crippen LogP contribution in [0.2, 0.25) is 0 Å². The molecule has 0 unspecified atom stereocenters. The molecule has 0 bridgehead atoms. The van der Waals surface area contributed by atoms with Crippen molar-refractivity contribution in [2.45, 2.75) is 38.3 Å². The standard InChI is InChI=1S/C15H27N5O3.ClH/c1-2-3-4-5-14(22)20-10-12(21)8-11(16)9-15(23)19-7-6-13(17)18;/h2-5,11-12,21H,6-10,16H2,1H3,(H3,17,18)(H,19,23)(H,20,22);1H/b3-2-,5-4+;/t11-,12-;/m1./s1. The molecule has 0 saturated heterocycles. The number of rotatable bonds is 11. The highest BCUT2D eigenvalue weighted by atomic mass is 35.5. The van der Waals surface area contributed by atoms with Crippen LogP contribution in [0.3, 0.4) is 0 Å². The number of amides is 2. The lowest BCUT2D eigenvalue weighted by Crippen LogP contribution is -2.38. The molecule has 0 spiro atoms. The van der Waals surface area contributed by atoms with E-state index in [9.17, 15) is 14.7 Å². The van der Waals surface area contributed by atoms with Gasteiger partial charge in [0.25, 0.3) is 0 Å². The smallest absolute Gasteiger partial charge is 0.244 e. The molecule has 0 radical (unpaired) electrons. The molecule has 9 heteroatoms. The molecule has 2 amide bonds. The number of carbonyl (C=O) groups is 2. The van der Waals surface area contributed by atoms with Gasteiger partial charge in [-0.1, -0.05) is 18.2 Å². The summed E-state index contributed by atoms with van der Waals surface area (Å²) in [5.74, 6) is -0.564. The number of aliphatic hydroxyl groups excluding tert-OH is 1. The summed E-state index contributed by atoms with van der Waals surface area (Å²) in [5.41, 5.74) is 11.0. The van der Waals surface area contributed by atoms with Crippen molar-refractivity contribution in [3.63, 3.8) is 0 Å². The molecule has 24 heavy (non-hydrogen) atoms. The zero-order valence-electron chi connectivity index (χ0n) is 13.8. The number of hydrogen-bond donors (Lipinski definition) is 6. The third-order valence-corrected chi connectivity index (χ3v) is 2.80. The van der Waals surface area contributed by atoms with Gasteiger partial charge in [0, 0.05) is 38.0 Å². The number of allylic oxidation sites excluding steroid dienone is 3. The molecule has 8 N–H and O–H groups in total. The molecule has 0 saturated carbocycles. The number of carbonyl (C=O) groups excluding carboxylic acids is 2. The van der Waals surface area contributed by atoms with E-state index in [-0.39, 0.29) is 62.4 Å². The van der Waals surface area contributed by atoms with Crippen LogP contribution in [0.25, 0.3) is 0 Å². The Morgan fingerprint density at radius 1 is 1.29 bits per heavy atom. The van der Waals surface area contributed by atoms with Crippen LogP contribution in [0.15, 0.2) is 24.3 Å². The highest BCUT2D eigenvalue weighted by Gasteiger charge is 2.14. The van der Waals surface area contributed by atoms with Crippen LogP contribution in [-0.4, -0.2) is 48.0 Å². The Kier molecular flexibility index (Phi) is 14.9. The normalized spacial score (nSPS) is 13.3. The van der Waals surface area contributed by atoms with E-state index < -0.39 is 12.1 Å². The number of amidine groups is 1. The van der Waals surface area contributed by atoms with E-state index in [2.05, 4.69) is 10.6 Å². The van der Waals surface area contributed by atoms with Crippen LogP contribution < -0.4 is 22.1 Å². The maximum absolute atomic E-state index is 11.6. The zero-order valence-corrected chi connectivity index (χ0v) is 14.6. The van der Waals surface area contributed by atoms with Gasteiger partial charge >= 0.3 is 0 Å². The molecule has 8 nitrogen and oxygen atoms in total. The molecular weight excluding hydrogens is 334 g/mol. The third-order valence-electron chi connectivity index (χ3n) is 2.80. The summed E-state index contributed by atoms with van der Waals surface area (Å²) in [6, 6.07) is -0.516. The molecule has 0 rings (SSSR count). The molecule has 0 aliphatic heterocycles. The van der Waals surface area contributed by atoms with Gasteiger partial charge in [-0.25, -0.2) is 0 Å². The topological polar surface area (TPSA) is 154 Å². The van der Waals surface area contributed by atoms with Crippen molar-refractivity contribution < 1.29 is 14.7 Å². The summed E-state index contributed by atoms with van der Waals surface area (Å²) in [6.45, 7) is 2.19. The van der Waals surface area contributed by atoms with Crippen molar-refractivity contribution in [2.24, 2.45) is 11.5 Å². The van der Waals surface area contributed by atoms with Gasteiger partial charge < -0.3 is 27.2 Å². The summed E-state index contributed by atoms with van der Waals surface area (Å²) in [6.07, 6.45) is 6.18. The molecular formula is C15H28ClN5O3. The highest BCUT2D eigenvalue weighted by molar-refractivity contribution is 5.87. The highest BCUT2D eigenvalue weighted by Crippen LogP contribution is 2.00. The first kappa shape index (κ1) is 24.4. The Bertz CT molecular complexity index is 454. The van der Waals surface area contributed by atoms with Crippen molar-refractivity contribution >= 4 is 30.1 Å². The molecule has 0 aliphatic rings. The Labute approximate surface area is 148 Å². The van der Waals surface area contributed by atoms with E-state index in [1.807, 2.05) is 6.92 Å². The maximum Gasteiger partial charge on any atom is 0.244 e.